The van der Waals surface area contributed by atoms with Crippen LogP contribution in [-0.2, 0) is 0 Å². The number of aryl methyl sites for hydroxylation is 1. The Morgan fingerprint density at radius 2 is 2.00 bits per heavy atom. The van der Waals surface area contributed by atoms with E-state index in [-0.39, 0.29) is 5.69 Å². The molecule has 0 atom stereocenters. The molecular weight excluding hydrogens is 242 g/mol. The number of aromatic carboxylic acids is 1. The maximum Gasteiger partial charge on any atom is 0.356 e. The molecular formula is C14H11N3O2. The highest BCUT2D eigenvalue weighted by atomic mass is 16.4. The molecule has 3 aromatic heterocycles. The lowest BCUT2D eigenvalue weighted by Gasteiger charge is -2.02. The fraction of sp³-hybridized carbons (Fsp3) is 0.0714. The van der Waals surface area contributed by atoms with Gasteiger partial charge in [-0.1, -0.05) is 6.07 Å². The van der Waals surface area contributed by atoms with Gasteiger partial charge in [0, 0.05) is 24.2 Å². The number of rotatable bonds is 2. The number of pyridine rings is 2. The third-order valence-corrected chi connectivity index (χ3v) is 3.01. The molecule has 3 heterocycles. The Morgan fingerprint density at radius 1 is 1.26 bits per heavy atom. The van der Waals surface area contributed by atoms with Crippen LogP contribution in [0.2, 0.25) is 0 Å². The highest BCUT2D eigenvalue weighted by Gasteiger charge is 2.18. The second-order valence-corrected chi connectivity index (χ2v) is 4.23. The van der Waals surface area contributed by atoms with E-state index in [0.29, 0.717) is 11.3 Å². The van der Waals surface area contributed by atoms with Crippen molar-refractivity contribution in [2.45, 2.75) is 6.92 Å². The third-order valence-electron chi connectivity index (χ3n) is 3.01. The zero-order chi connectivity index (χ0) is 13.4. The Labute approximate surface area is 109 Å². The van der Waals surface area contributed by atoms with Crippen LogP contribution in [0.15, 0.2) is 42.9 Å². The lowest BCUT2D eigenvalue weighted by atomic mass is 10.2. The molecule has 1 N–H and O–H groups in total. The zero-order valence-electron chi connectivity index (χ0n) is 10.2. The number of carboxylic acids is 1. The molecule has 3 aromatic rings. The van der Waals surface area contributed by atoms with E-state index in [1.165, 1.54) is 0 Å². The minimum absolute atomic E-state index is 0.0740. The Kier molecular flexibility index (Phi) is 2.52. The van der Waals surface area contributed by atoms with Gasteiger partial charge >= 0.3 is 5.97 Å². The monoisotopic (exact) mass is 253 g/mol. The Hall–Kier alpha value is -2.69. The molecule has 0 amide bonds. The van der Waals surface area contributed by atoms with Gasteiger partial charge in [0.05, 0.1) is 5.52 Å². The number of hydrogen-bond acceptors (Lipinski definition) is 3. The van der Waals surface area contributed by atoms with Crippen molar-refractivity contribution in [3.05, 3.63) is 54.1 Å². The molecule has 3 rings (SSSR count). The van der Waals surface area contributed by atoms with E-state index in [2.05, 4.69) is 9.97 Å². The van der Waals surface area contributed by atoms with Gasteiger partial charge in [0.1, 0.15) is 5.82 Å². The minimum atomic E-state index is -1.02. The van der Waals surface area contributed by atoms with Crippen molar-refractivity contribution in [3.8, 4) is 11.4 Å². The van der Waals surface area contributed by atoms with Crippen molar-refractivity contribution in [2.24, 2.45) is 0 Å². The van der Waals surface area contributed by atoms with Gasteiger partial charge in [-0.2, -0.15) is 0 Å². The van der Waals surface area contributed by atoms with Gasteiger partial charge in [-0.25, -0.2) is 9.78 Å². The summed E-state index contributed by atoms with van der Waals surface area (Å²) in [4.78, 5) is 19.5. The van der Waals surface area contributed by atoms with Crippen LogP contribution in [0.4, 0.5) is 0 Å². The van der Waals surface area contributed by atoms with Gasteiger partial charge in [-0.15, -0.1) is 0 Å². The summed E-state index contributed by atoms with van der Waals surface area (Å²) < 4.78 is 1.80. The molecule has 0 aliphatic rings. The molecule has 5 heteroatoms. The van der Waals surface area contributed by atoms with Crippen molar-refractivity contribution < 1.29 is 9.90 Å². The molecule has 0 aromatic carbocycles. The van der Waals surface area contributed by atoms with Crippen molar-refractivity contribution in [2.75, 3.05) is 0 Å². The van der Waals surface area contributed by atoms with Gasteiger partial charge in [-0.05, 0) is 30.7 Å². The first-order valence-corrected chi connectivity index (χ1v) is 5.80. The topological polar surface area (TPSA) is 67.5 Å². The highest BCUT2D eigenvalue weighted by Crippen LogP contribution is 2.24. The Bertz CT molecular complexity index is 763. The second kappa shape index (κ2) is 4.20. The van der Waals surface area contributed by atoms with Crippen LogP contribution < -0.4 is 0 Å². The molecule has 0 spiro atoms. The summed E-state index contributed by atoms with van der Waals surface area (Å²) in [6, 6.07) is 7.37. The van der Waals surface area contributed by atoms with Gasteiger partial charge in [0.15, 0.2) is 5.69 Å². The van der Waals surface area contributed by atoms with Gasteiger partial charge < -0.3 is 5.11 Å². The summed E-state index contributed by atoms with van der Waals surface area (Å²) in [5.41, 5.74) is 2.42. The third kappa shape index (κ3) is 1.76. The van der Waals surface area contributed by atoms with Crippen molar-refractivity contribution in [1.29, 1.82) is 0 Å². The zero-order valence-corrected chi connectivity index (χ0v) is 10.2. The van der Waals surface area contributed by atoms with Crippen LogP contribution in [0.25, 0.3) is 16.9 Å². The predicted octanol–water partition coefficient (Wildman–Crippen LogP) is 2.40. The number of carboxylic acid groups (broad SMARTS) is 1. The summed E-state index contributed by atoms with van der Waals surface area (Å²) in [7, 11) is 0. The first-order chi connectivity index (χ1) is 9.18. The highest BCUT2D eigenvalue weighted by molar-refractivity contribution is 5.96. The number of nitrogens with zero attached hydrogens (tertiary/aromatic N) is 3. The lowest BCUT2D eigenvalue weighted by Crippen LogP contribution is -1.98. The quantitative estimate of drug-likeness (QED) is 0.761. The Balaban J connectivity index is 2.39. The Morgan fingerprint density at radius 3 is 2.68 bits per heavy atom. The number of hydrogen-bond donors (Lipinski definition) is 1. The molecule has 0 aliphatic carbocycles. The second-order valence-electron chi connectivity index (χ2n) is 4.23. The molecule has 0 bridgehead atoms. The molecule has 0 radical (unpaired) electrons. The van der Waals surface area contributed by atoms with E-state index in [4.69, 9.17) is 0 Å². The maximum atomic E-state index is 11.3. The summed E-state index contributed by atoms with van der Waals surface area (Å²) in [5, 5.41) is 9.28. The predicted molar refractivity (Wildman–Crippen MR) is 70.1 cm³/mol. The van der Waals surface area contributed by atoms with Crippen molar-refractivity contribution >= 4 is 11.5 Å². The minimum Gasteiger partial charge on any atom is -0.476 e. The van der Waals surface area contributed by atoms with Gasteiger partial charge in [0.2, 0.25) is 0 Å². The van der Waals surface area contributed by atoms with Crippen LogP contribution in [0, 0.1) is 6.92 Å². The molecule has 94 valence electrons. The number of aromatic nitrogens is 3. The molecule has 19 heavy (non-hydrogen) atoms. The van der Waals surface area contributed by atoms with E-state index in [1.54, 1.807) is 16.8 Å². The summed E-state index contributed by atoms with van der Waals surface area (Å²) >= 11 is 0. The first-order valence-electron chi connectivity index (χ1n) is 5.80. The standard InChI is InChI=1S/C14H11N3O2/c1-9-3-2-8-17-12(9)11(14(18)19)16-13(17)10-4-6-15-7-5-10/h2-8H,1H3,(H,18,19). The van der Waals surface area contributed by atoms with Crippen LogP contribution >= 0.6 is 0 Å². The van der Waals surface area contributed by atoms with Crippen molar-refractivity contribution in [3.63, 3.8) is 0 Å². The summed E-state index contributed by atoms with van der Waals surface area (Å²) in [5.74, 6) is -0.411. The van der Waals surface area contributed by atoms with Crippen LogP contribution in [-0.4, -0.2) is 25.4 Å². The molecule has 0 saturated carbocycles. The van der Waals surface area contributed by atoms with E-state index in [9.17, 15) is 9.90 Å². The average molecular weight is 253 g/mol. The smallest absolute Gasteiger partial charge is 0.356 e. The van der Waals surface area contributed by atoms with Crippen LogP contribution in [0.5, 0.6) is 0 Å². The first kappa shape index (κ1) is 11.4. The van der Waals surface area contributed by atoms with Crippen LogP contribution in [0.3, 0.4) is 0 Å². The summed E-state index contributed by atoms with van der Waals surface area (Å²) in [6.45, 7) is 1.87. The SMILES string of the molecule is Cc1cccn2c(-c3ccncc3)nc(C(=O)O)c12. The van der Waals surface area contributed by atoms with E-state index in [1.807, 2.05) is 37.4 Å². The van der Waals surface area contributed by atoms with Crippen molar-refractivity contribution in [1.82, 2.24) is 14.4 Å². The van der Waals surface area contributed by atoms with E-state index >= 15 is 0 Å². The number of imidazole rings is 1. The van der Waals surface area contributed by atoms with E-state index < -0.39 is 5.97 Å². The maximum absolute atomic E-state index is 11.3. The van der Waals surface area contributed by atoms with E-state index in [0.717, 1.165) is 11.1 Å². The lowest BCUT2D eigenvalue weighted by molar-refractivity contribution is 0.0693. The van der Waals surface area contributed by atoms with Crippen LogP contribution in [0.1, 0.15) is 16.1 Å². The largest absolute Gasteiger partial charge is 0.476 e. The molecule has 5 nitrogen and oxygen atoms in total. The molecule has 0 aliphatic heterocycles. The number of carbonyl (C=O) groups is 1. The molecule has 0 unspecified atom stereocenters. The average Bonchev–Trinajstić information content (AvgIpc) is 2.81. The molecule has 0 saturated heterocycles. The normalized spacial score (nSPS) is 10.8. The molecule has 0 fully saturated rings. The summed E-state index contributed by atoms with van der Waals surface area (Å²) in [6.07, 6.45) is 5.14. The van der Waals surface area contributed by atoms with Gasteiger partial charge in [-0.3, -0.25) is 9.38 Å². The van der Waals surface area contributed by atoms with Gasteiger partial charge in [0.25, 0.3) is 0 Å². The fourth-order valence-electron chi connectivity index (χ4n) is 2.16. The fourth-order valence-corrected chi connectivity index (χ4v) is 2.16. The number of fused-ring (bicyclic) bond motifs is 1.